The maximum absolute atomic E-state index is 11.3. The molecule has 2 amide bonds. The van der Waals surface area contributed by atoms with Crippen LogP contribution in [0.1, 0.15) is 19.8 Å². The Morgan fingerprint density at radius 2 is 1.82 bits per heavy atom. The van der Waals surface area contributed by atoms with Crippen molar-refractivity contribution in [1.29, 1.82) is 0 Å². The summed E-state index contributed by atoms with van der Waals surface area (Å²) in [6.45, 7) is 2.49. The topological polar surface area (TPSA) is 140 Å². The first kappa shape index (κ1) is 15.8. The number of carbonyl (C=O) groups is 2. The van der Waals surface area contributed by atoms with Gasteiger partial charge in [-0.3, -0.25) is 20.4 Å². The molecule has 0 aromatic heterocycles. The van der Waals surface area contributed by atoms with Crippen LogP contribution in [-0.4, -0.2) is 36.2 Å². The van der Waals surface area contributed by atoms with Crippen LogP contribution in [0.5, 0.6) is 0 Å². The first-order valence-electron chi connectivity index (χ1n) is 5.33. The zero-order chi connectivity index (χ0) is 13.3. The van der Waals surface area contributed by atoms with Gasteiger partial charge < -0.3 is 9.84 Å². The molecule has 0 aliphatic heterocycles. The van der Waals surface area contributed by atoms with Crippen LogP contribution in [0.3, 0.4) is 0 Å². The molecule has 0 aliphatic carbocycles. The van der Waals surface area contributed by atoms with Gasteiger partial charge in [-0.1, -0.05) is 6.92 Å². The molecule has 0 saturated carbocycles. The molecule has 0 saturated heterocycles. The fourth-order valence-electron chi connectivity index (χ4n) is 1.24. The van der Waals surface area contributed by atoms with Crippen LogP contribution in [-0.2, 0) is 14.3 Å². The first-order chi connectivity index (χ1) is 8.06. The molecule has 100 valence electrons. The van der Waals surface area contributed by atoms with E-state index < -0.39 is 23.8 Å². The number of carbonyl (C=O) groups excluding carboxylic acids is 2. The number of ether oxygens (including phenoxy) is 1. The van der Waals surface area contributed by atoms with Gasteiger partial charge in [0, 0.05) is 6.61 Å². The zero-order valence-corrected chi connectivity index (χ0v) is 9.81. The number of aliphatic hydroxyl groups excluding tert-OH is 1. The summed E-state index contributed by atoms with van der Waals surface area (Å²) in [6.07, 6.45) is -0.209. The molecule has 8 nitrogen and oxygen atoms in total. The number of rotatable bonds is 8. The Kier molecular flexibility index (Phi) is 8.24. The van der Waals surface area contributed by atoms with Gasteiger partial charge in [-0.05, 0) is 12.8 Å². The van der Waals surface area contributed by atoms with Crippen molar-refractivity contribution in [3.63, 3.8) is 0 Å². The molecule has 0 radical (unpaired) electrons. The lowest BCUT2D eigenvalue weighted by Crippen LogP contribution is -2.47. The van der Waals surface area contributed by atoms with Gasteiger partial charge in [-0.2, -0.15) is 0 Å². The molecular formula is C9H20N4O4. The van der Waals surface area contributed by atoms with Crippen molar-refractivity contribution in [3.8, 4) is 0 Å². The SMILES string of the molecule is CCCOCC(O)CC(C(=O)NN)C(=O)NN. The van der Waals surface area contributed by atoms with Crippen molar-refractivity contribution in [3.05, 3.63) is 0 Å². The maximum atomic E-state index is 11.3. The predicted octanol–water partition coefficient (Wildman–Crippen LogP) is -2.24. The lowest BCUT2D eigenvalue weighted by atomic mass is 10.0. The molecular weight excluding hydrogens is 228 g/mol. The number of hydrazine groups is 2. The second-order valence-electron chi connectivity index (χ2n) is 3.53. The van der Waals surface area contributed by atoms with Crippen LogP contribution in [0.25, 0.3) is 0 Å². The monoisotopic (exact) mass is 248 g/mol. The van der Waals surface area contributed by atoms with Crippen molar-refractivity contribution in [2.45, 2.75) is 25.9 Å². The van der Waals surface area contributed by atoms with Crippen molar-refractivity contribution in [2.24, 2.45) is 17.6 Å². The van der Waals surface area contributed by atoms with Gasteiger partial charge in [0.25, 0.3) is 0 Å². The predicted molar refractivity (Wildman–Crippen MR) is 59.9 cm³/mol. The molecule has 1 unspecified atom stereocenters. The van der Waals surface area contributed by atoms with Crippen LogP contribution in [0.4, 0.5) is 0 Å². The van der Waals surface area contributed by atoms with Crippen LogP contribution >= 0.6 is 0 Å². The fourth-order valence-corrected chi connectivity index (χ4v) is 1.24. The molecule has 0 heterocycles. The van der Waals surface area contributed by atoms with E-state index in [4.69, 9.17) is 16.4 Å². The molecule has 0 aromatic rings. The van der Waals surface area contributed by atoms with E-state index in [-0.39, 0.29) is 13.0 Å². The quantitative estimate of drug-likeness (QED) is 0.108. The van der Waals surface area contributed by atoms with Crippen LogP contribution < -0.4 is 22.5 Å². The molecule has 1 atom stereocenters. The second kappa shape index (κ2) is 8.88. The van der Waals surface area contributed by atoms with E-state index in [1.165, 1.54) is 0 Å². The number of nitrogens with one attached hydrogen (secondary N) is 2. The van der Waals surface area contributed by atoms with Crippen LogP contribution in [0.2, 0.25) is 0 Å². The van der Waals surface area contributed by atoms with Gasteiger partial charge in [0.15, 0.2) is 0 Å². The Balaban J connectivity index is 4.23. The minimum absolute atomic E-state index is 0.0556. The Morgan fingerprint density at radius 1 is 1.29 bits per heavy atom. The first-order valence-corrected chi connectivity index (χ1v) is 5.33. The number of hydrogen-bond acceptors (Lipinski definition) is 6. The lowest BCUT2D eigenvalue weighted by molar-refractivity contribution is -0.137. The van der Waals surface area contributed by atoms with E-state index in [1.807, 2.05) is 17.8 Å². The standard InChI is InChI=1S/C9H20N4O4/c1-2-3-17-5-6(14)4-7(8(15)12-10)9(16)13-11/h6-7,14H,2-5,10-11H2,1H3,(H,12,15)(H,13,16). The lowest BCUT2D eigenvalue weighted by Gasteiger charge is -2.17. The third kappa shape index (κ3) is 6.17. The molecule has 17 heavy (non-hydrogen) atoms. The van der Waals surface area contributed by atoms with E-state index in [9.17, 15) is 14.7 Å². The van der Waals surface area contributed by atoms with Crippen LogP contribution in [0.15, 0.2) is 0 Å². The molecule has 0 aliphatic rings. The Hall–Kier alpha value is -1.22. The van der Waals surface area contributed by atoms with E-state index >= 15 is 0 Å². The van der Waals surface area contributed by atoms with Gasteiger partial charge >= 0.3 is 0 Å². The van der Waals surface area contributed by atoms with Gasteiger partial charge in [0.05, 0.1) is 12.7 Å². The minimum atomic E-state index is -1.13. The van der Waals surface area contributed by atoms with Crippen molar-refractivity contribution >= 4 is 11.8 Å². The van der Waals surface area contributed by atoms with Crippen molar-refractivity contribution < 1.29 is 19.4 Å². The van der Waals surface area contributed by atoms with Gasteiger partial charge in [-0.25, -0.2) is 11.7 Å². The van der Waals surface area contributed by atoms with Gasteiger partial charge in [0.1, 0.15) is 5.92 Å². The summed E-state index contributed by atoms with van der Waals surface area (Å²) < 4.78 is 5.10. The van der Waals surface area contributed by atoms with E-state index in [0.717, 1.165) is 6.42 Å². The Morgan fingerprint density at radius 3 is 2.24 bits per heavy atom. The van der Waals surface area contributed by atoms with Gasteiger partial charge in [0.2, 0.25) is 11.8 Å². The number of aliphatic hydroxyl groups is 1. The highest BCUT2D eigenvalue weighted by Gasteiger charge is 2.28. The highest BCUT2D eigenvalue weighted by Crippen LogP contribution is 2.08. The Bertz CT molecular complexity index is 233. The third-order valence-electron chi connectivity index (χ3n) is 2.08. The maximum Gasteiger partial charge on any atom is 0.246 e. The minimum Gasteiger partial charge on any atom is -0.391 e. The highest BCUT2D eigenvalue weighted by atomic mass is 16.5. The third-order valence-corrected chi connectivity index (χ3v) is 2.08. The zero-order valence-electron chi connectivity index (χ0n) is 9.81. The summed E-state index contributed by atoms with van der Waals surface area (Å²) in [5.74, 6) is 7.31. The number of nitrogens with two attached hydrogens (primary N) is 2. The number of hydrogen-bond donors (Lipinski definition) is 5. The second-order valence-corrected chi connectivity index (χ2v) is 3.53. The summed E-state index contributed by atoms with van der Waals surface area (Å²) in [6, 6.07) is 0. The summed E-state index contributed by atoms with van der Waals surface area (Å²) in [4.78, 5) is 22.5. The largest absolute Gasteiger partial charge is 0.391 e. The molecule has 7 N–H and O–H groups in total. The summed E-state index contributed by atoms with van der Waals surface area (Å²) in [7, 11) is 0. The molecule has 0 bridgehead atoms. The molecule has 0 aromatic carbocycles. The molecule has 0 fully saturated rings. The summed E-state index contributed by atoms with van der Waals surface area (Å²) >= 11 is 0. The molecule has 0 rings (SSSR count). The van der Waals surface area contributed by atoms with Gasteiger partial charge in [-0.15, -0.1) is 0 Å². The van der Waals surface area contributed by atoms with Crippen molar-refractivity contribution in [2.75, 3.05) is 13.2 Å². The fraction of sp³-hybridized carbons (Fsp3) is 0.778. The molecule has 0 spiro atoms. The van der Waals surface area contributed by atoms with Crippen molar-refractivity contribution in [1.82, 2.24) is 10.9 Å². The normalized spacial score (nSPS) is 12.3. The average Bonchev–Trinajstić information content (AvgIpc) is 2.34. The summed E-state index contributed by atoms with van der Waals surface area (Å²) in [5.41, 5.74) is 3.69. The number of amides is 2. The van der Waals surface area contributed by atoms with E-state index in [2.05, 4.69) is 0 Å². The highest BCUT2D eigenvalue weighted by molar-refractivity contribution is 5.99. The summed E-state index contributed by atoms with van der Waals surface area (Å²) in [5, 5.41) is 9.57. The Labute approximate surface area is 99.6 Å². The van der Waals surface area contributed by atoms with Crippen LogP contribution in [0, 0.1) is 5.92 Å². The smallest absolute Gasteiger partial charge is 0.246 e. The molecule has 8 heteroatoms. The van der Waals surface area contributed by atoms with E-state index in [1.54, 1.807) is 0 Å². The van der Waals surface area contributed by atoms with E-state index in [0.29, 0.717) is 6.61 Å². The average molecular weight is 248 g/mol.